The van der Waals surface area contributed by atoms with Gasteiger partial charge in [0.25, 0.3) is 0 Å². The van der Waals surface area contributed by atoms with Crippen LogP contribution in [-0.4, -0.2) is 0 Å². The molecule has 1 heterocycles. The standard InChI is InChI=1S/C27H22O2/c1-5-13-22(14-6-1)26(23-15-7-2-8-16-23)21-27(29-28-26,24-17-9-3-10-18-24)25-19-11-4-12-20-25/h1-20H,21H2. The van der Waals surface area contributed by atoms with Crippen LogP contribution in [0.2, 0.25) is 0 Å². The van der Waals surface area contributed by atoms with Gasteiger partial charge in [-0.3, -0.25) is 0 Å². The molecule has 4 aromatic rings. The maximum Gasteiger partial charge on any atom is 0.157 e. The Morgan fingerprint density at radius 2 is 0.621 bits per heavy atom. The van der Waals surface area contributed by atoms with Crippen LogP contribution in [0.4, 0.5) is 0 Å². The minimum atomic E-state index is -0.700. The van der Waals surface area contributed by atoms with Crippen LogP contribution >= 0.6 is 0 Å². The van der Waals surface area contributed by atoms with Gasteiger partial charge in [-0.05, 0) is 22.3 Å². The van der Waals surface area contributed by atoms with Gasteiger partial charge in [-0.15, -0.1) is 0 Å². The van der Waals surface area contributed by atoms with Gasteiger partial charge in [-0.25, -0.2) is 9.78 Å². The summed E-state index contributed by atoms with van der Waals surface area (Å²) in [4.78, 5) is 12.7. The Kier molecular flexibility index (Phi) is 4.51. The van der Waals surface area contributed by atoms with Gasteiger partial charge < -0.3 is 0 Å². The molecule has 1 saturated heterocycles. The van der Waals surface area contributed by atoms with Crippen molar-refractivity contribution in [3.05, 3.63) is 144 Å². The summed E-state index contributed by atoms with van der Waals surface area (Å²) in [6.45, 7) is 0. The lowest BCUT2D eigenvalue weighted by atomic mass is 9.73. The molecular formula is C27H22O2. The lowest BCUT2D eigenvalue weighted by Crippen LogP contribution is -2.31. The molecule has 0 N–H and O–H groups in total. The molecule has 142 valence electrons. The molecule has 0 bridgehead atoms. The Morgan fingerprint density at radius 1 is 0.379 bits per heavy atom. The Morgan fingerprint density at radius 3 is 0.862 bits per heavy atom. The predicted molar refractivity (Wildman–Crippen MR) is 114 cm³/mol. The van der Waals surface area contributed by atoms with Crippen molar-refractivity contribution >= 4 is 0 Å². The predicted octanol–water partition coefficient (Wildman–Crippen LogP) is 6.23. The second kappa shape index (κ2) is 7.32. The fourth-order valence-corrected chi connectivity index (χ4v) is 4.32. The van der Waals surface area contributed by atoms with Crippen molar-refractivity contribution in [2.75, 3.05) is 0 Å². The van der Waals surface area contributed by atoms with Crippen LogP contribution < -0.4 is 0 Å². The molecule has 1 fully saturated rings. The highest BCUT2D eigenvalue weighted by molar-refractivity contribution is 5.44. The second-order valence-electron chi connectivity index (χ2n) is 7.46. The summed E-state index contributed by atoms with van der Waals surface area (Å²) in [7, 11) is 0. The third-order valence-corrected chi connectivity index (χ3v) is 5.78. The van der Waals surface area contributed by atoms with Gasteiger partial charge in [0.1, 0.15) is 0 Å². The summed E-state index contributed by atoms with van der Waals surface area (Å²) >= 11 is 0. The van der Waals surface area contributed by atoms with E-state index in [1.165, 1.54) is 0 Å². The van der Waals surface area contributed by atoms with Crippen molar-refractivity contribution in [1.29, 1.82) is 0 Å². The molecule has 0 unspecified atom stereocenters. The maximum absolute atomic E-state index is 6.34. The monoisotopic (exact) mass is 378 g/mol. The van der Waals surface area contributed by atoms with E-state index in [1.807, 2.05) is 24.3 Å². The summed E-state index contributed by atoms with van der Waals surface area (Å²) in [6.07, 6.45) is 0.641. The summed E-state index contributed by atoms with van der Waals surface area (Å²) in [5.41, 5.74) is 2.93. The van der Waals surface area contributed by atoms with Gasteiger partial charge >= 0.3 is 0 Å². The van der Waals surface area contributed by atoms with Crippen LogP contribution in [0.25, 0.3) is 0 Å². The van der Waals surface area contributed by atoms with Crippen LogP contribution in [0.15, 0.2) is 121 Å². The number of rotatable bonds is 4. The van der Waals surface area contributed by atoms with Crippen molar-refractivity contribution in [3.63, 3.8) is 0 Å². The third-order valence-electron chi connectivity index (χ3n) is 5.78. The molecule has 4 aromatic carbocycles. The summed E-state index contributed by atoms with van der Waals surface area (Å²) < 4.78 is 0. The van der Waals surface area contributed by atoms with Gasteiger partial charge in [0.2, 0.25) is 0 Å². The highest BCUT2D eigenvalue weighted by Crippen LogP contribution is 2.54. The molecule has 0 saturated carbocycles. The maximum atomic E-state index is 6.34. The molecule has 0 atom stereocenters. The molecule has 2 heteroatoms. The Hall–Kier alpha value is -3.20. The zero-order chi connectivity index (χ0) is 19.6. The van der Waals surface area contributed by atoms with E-state index in [4.69, 9.17) is 9.78 Å². The summed E-state index contributed by atoms with van der Waals surface area (Å²) in [5.74, 6) is 0. The van der Waals surface area contributed by atoms with E-state index in [0.717, 1.165) is 22.3 Å². The molecule has 5 rings (SSSR count). The van der Waals surface area contributed by atoms with Crippen LogP contribution in [0.5, 0.6) is 0 Å². The van der Waals surface area contributed by atoms with Gasteiger partial charge in [-0.1, -0.05) is 121 Å². The molecule has 2 nitrogen and oxygen atoms in total. The SMILES string of the molecule is c1ccc(C2(c3ccccc3)CC(c3ccccc3)(c3ccccc3)OO2)cc1. The zero-order valence-electron chi connectivity index (χ0n) is 16.1. The summed E-state index contributed by atoms with van der Waals surface area (Å²) in [6, 6.07) is 41.4. The van der Waals surface area contributed by atoms with Crippen LogP contribution in [0.3, 0.4) is 0 Å². The highest BCUT2D eigenvalue weighted by atomic mass is 17.2. The number of hydrogen-bond donors (Lipinski definition) is 0. The molecular weight excluding hydrogens is 356 g/mol. The lowest BCUT2D eigenvalue weighted by molar-refractivity contribution is -0.341. The Labute approximate surface area is 171 Å². The van der Waals surface area contributed by atoms with E-state index >= 15 is 0 Å². The van der Waals surface area contributed by atoms with Crippen molar-refractivity contribution in [2.45, 2.75) is 17.6 Å². The van der Waals surface area contributed by atoms with E-state index in [9.17, 15) is 0 Å². The summed E-state index contributed by atoms with van der Waals surface area (Å²) in [5, 5.41) is 0. The van der Waals surface area contributed by atoms with Crippen molar-refractivity contribution in [2.24, 2.45) is 0 Å². The molecule has 0 aromatic heterocycles. The average molecular weight is 378 g/mol. The fourth-order valence-electron chi connectivity index (χ4n) is 4.32. The largest absolute Gasteiger partial charge is 0.219 e. The van der Waals surface area contributed by atoms with Crippen LogP contribution in [0, 0.1) is 0 Å². The first-order valence-electron chi connectivity index (χ1n) is 9.92. The quantitative estimate of drug-likeness (QED) is 0.392. The molecule has 0 aliphatic carbocycles. The minimum Gasteiger partial charge on any atom is -0.219 e. The van der Waals surface area contributed by atoms with Gasteiger partial charge in [-0.2, -0.15) is 0 Å². The molecule has 0 amide bonds. The van der Waals surface area contributed by atoms with E-state index in [0.29, 0.717) is 6.42 Å². The van der Waals surface area contributed by atoms with E-state index < -0.39 is 11.2 Å². The first-order valence-corrected chi connectivity index (χ1v) is 9.92. The number of hydrogen-bond acceptors (Lipinski definition) is 2. The molecule has 29 heavy (non-hydrogen) atoms. The van der Waals surface area contributed by atoms with Crippen LogP contribution in [0.1, 0.15) is 28.7 Å². The average Bonchev–Trinajstić information content (AvgIpc) is 3.25. The normalized spacial score (nSPS) is 17.1. The van der Waals surface area contributed by atoms with Gasteiger partial charge in [0, 0.05) is 6.42 Å². The first kappa shape index (κ1) is 17.9. The third kappa shape index (κ3) is 2.98. The van der Waals surface area contributed by atoms with Crippen LogP contribution in [-0.2, 0) is 21.0 Å². The zero-order valence-corrected chi connectivity index (χ0v) is 16.1. The fraction of sp³-hybridized carbons (Fsp3) is 0.111. The van der Waals surface area contributed by atoms with E-state index in [-0.39, 0.29) is 0 Å². The van der Waals surface area contributed by atoms with Gasteiger partial charge in [0.05, 0.1) is 0 Å². The molecule has 1 aliphatic heterocycles. The first-order chi connectivity index (χ1) is 14.3. The molecule has 1 aliphatic rings. The molecule has 0 radical (unpaired) electrons. The highest BCUT2D eigenvalue weighted by Gasteiger charge is 2.55. The number of benzene rings is 4. The second-order valence-corrected chi connectivity index (χ2v) is 7.46. The molecule has 0 spiro atoms. The smallest absolute Gasteiger partial charge is 0.157 e. The Balaban J connectivity index is 1.72. The van der Waals surface area contributed by atoms with Crippen molar-refractivity contribution < 1.29 is 9.78 Å². The lowest BCUT2D eigenvalue weighted by Gasteiger charge is -2.30. The van der Waals surface area contributed by atoms with Crippen molar-refractivity contribution in [3.8, 4) is 0 Å². The Bertz CT molecular complexity index is 893. The van der Waals surface area contributed by atoms with Crippen molar-refractivity contribution in [1.82, 2.24) is 0 Å². The topological polar surface area (TPSA) is 18.5 Å². The minimum absolute atomic E-state index is 0.641. The van der Waals surface area contributed by atoms with E-state index in [2.05, 4.69) is 97.1 Å². The van der Waals surface area contributed by atoms with E-state index in [1.54, 1.807) is 0 Å². The van der Waals surface area contributed by atoms with Gasteiger partial charge in [0.15, 0.2) is 11.2 Å².